The molecule has 2 aromatic rings. The first-order valence-electron chi connectivity index (χ1n) is 11.5. The number of ether oxygens (including phenoxy) is 3. The summed E-state index contributed by atoms with van der Waals surface area (Å²) in [6.07, 6.45) is 2.54. The molecule has 0 saturated carbocycles. The molecule has 0 radical (unpaired) electrons. The normalized spacial score (nSPS) is 15.0. The Morgan fingerprint density at radius 1 is 1.09 bits per heavy atom. The lowest BCUT2D eigenvalue weighted by atomic mass is 10.2. The highest BCUT2D eigenvalue weighted by Gasteiger charge is 2.10. The van der Waals surface area contributed by atoms with Crippen LogP contribution in [0.25, 0.3) is 0 Å². The predicted molar refractivity (Wildman–Crippen MR) is 125 cm³/mol. The van der Waals surface area contributed by atoms with E-state index in [1.165, 1.54) is 0 Å². The van der Waals surface area contributed by atoms with Crippen LogP contribution in [0.2, 0.25) is 0 Å². The molecule has 2 heterocycles. The first-order chi connectivity index (χ1) is 15.8. The number of rotatable bonds is 13. The quantitative estimate of drug-likeness (QED) is 0.279. The Balaban J connectivity index is 1.40. The first kappa shape index (κ1) is 24.1. The Bertz CT molecular complexity index is 776. The van der Waals surface area contributed by atoms with Crippen LogP contribution in [0.3, 0.4) is 0 Å². The molecule has 3 rings (SSSR count). The fourth-order valence-electron chi connectivity index (χ4n) is 3.34. The zero-order chi connectivity index (χ0) is 22.3. The minimum absolute atomic E-state index is 0.503. The molecule has 1 saturated heterocycles. The van der Waals surface area contributed by atoms with E-state index < -0.39 is 0 Å². The van der Waals surface area contributed by atoms with Crippen LogP contribution in [0.5, 0.6) is 5.75 Å². The third-order valence-electron chi connectivity index (χ3n) is 5.08. The Labute approximate surface area is 190 Å². The molecular weight excluding hydrogens is 408 g/mol. The largest absolute Gasteiger partial charge is 0.492 e. The summed E-state index contributed by atoms with van der Waals surface area (Å²) in [5, 5.41) is 6.66. The van der Waals surface area contributed by atoms with Crippen molar-refractivity contribution >= 4 is 5.96 Å². The fourth-order valence-corrected chi connectivity index (χ4v) is 3.34. The molecule has 1 aromatic carbocycles. The Kier molecular flexibility index (Phi) is 10.9. The van der Waals surface area contributed by atoms with Crippen LogP contribution in [0.4, 0.5) is 0 Å². The van der Waals surface area contributed by atoms with Crippen LogP contribution < -0.4 is 15.4 Å². The van der Waals surface area contributed by atoms with Crippen molar-refractivity contribution in [3.05, 3.63) is 54.0 Å². The molecule has 1 aliphatic rings. The predicted octanol–water partition coefficient (Wildman–Crippen LogP) is 2.65. The van der Waals surface area contributed by atoms with E-state index in [0.29, 0.717) is 26.4 Å². The van der Waals surface area contributed by atoms with Gasteiger partial charge < -0.3 is 29.3 Å². The van der Waals surface area contributed by atoms with E-state index in [0.717, 1.165) is 75.4 Å². The van der Waals surface area contributed by atoms with Crippen molar-refractivity contribution in [1.29, 1.82) is 0 Å². The molecular formula is C24H36N4O4. The van der Waals surface area contributed by atoms with Crippen LogP contribution >= 0.6 is 0 Å². The summed E-state index contributed by atoms with van der Waals surface area (Å²) in [5.74, 6) is 2.53. The minimum Gasteiger partial charge on any atom is -0.492 e. The van der Waals surface area contributed by atoms with Crippen molar-refractivity contribution in [2.45, 2.75) is 26.5 Å². The van der Waals surface area contributed by atoms with Gasteiger partial charge in [0.15, 0.2) is 5.96 Å². The van der Waals surface area contributed by atoms with Crippen molar-refractivity contribution in [3.8, 4) is 5.75 Å². The highest BCUT2D eigenvalue weighted by Crippen LogP contribution is 2.19. The second-order valence-corrected chi connectivity index (χ2v) is 7.52. The highest BCUT2D eigenvalue weighted by molar-refractivity contribution is 5.79. The van der Waals surface area contributed by atoms with Crippen LogP contribution in [0, 0.1) is 0 Å². The van der Waals surface area contributed by atoms with Crippen molar-refractivity contribution in [3.63, 3.8) is 0 Å². The van der Waals surface area contributed by atoms with Gasteiger partial charge in [0.1, 0.15) is 24.7 Å². The van der Waals surface area contributed by atoms with E-state index in [9.17, 15) is 0 Å². The monoisotopic (exact) mass is 444 g/mol. The van der Waals surface area contributed by atoms with E-state index in [-0.39, 0.29) is 0 Å². The number of hydrogen-bond donors (Lipinski definition) is 2. The molecule has 8 nitrogen and oxygen atoms in total. The van der Waals surface area contributed by atoms with Gasteiger partial charge in [-0.2, -0.15) is 0 Å². The van der Waals surface area contributed by atoms with E-state index >= 15 is 0 Å². The van der Waals surface area contributed by atoms with E-state index in [1.54, 1.807) is 6.26 Å². The number of nitrogens with one attached hydrogen (secondary N) is 2. The number of morpholine rings is 1. The molecule has 8 heteroatoms. The molecule has 0 atom stereocenters. The van der Waals surface area contributed by atoms with E-state index in [4.69, 9.17) is 23.6 Å². The summed E-state index contributed by atoms with van der Waals surface area (Å²) in [4.78, 5) is 7.10. The molecule has 1 aromatic heterocycles. The number of hydrogen-bond acceptors (Lipinski definition) is 6. The van der Waals surface area contributed by atoms with Gasteiger partial charge in [-0.1, -0.05) is 18.2 Å². The van der Waals surface area contributed by atoms with Gasteiger partial charge in [0.25, 0.3) is 0 Å². The molecule has 0 unspecified atom stereocenters. The SMILES string of the molecule is CCNC(=NCc1ccccc1OCCN1CCOCC1)NCCCOCc1ccco1. The second kappa shape index (κ2) is 14.5. The number of guanidine groups is 1. The van der Waals surface area contributed by atoms with Crippen molar-refractivity contribution in [2.24, 2.45) is 4.99 Å². The third kappa shape index (κ3) is 8.90. The van der Waals surface area contributed by atoms with Gasteiger partial charge in [-0.05, 0) is 31.5 Å². The lowest BCUT2D eigenvalue weighted by Crippen LogP contribution is -2.38. The fraction of sp³-hybridized carbons (Fsp3) is 0.542. The molecule has 1 fully saturated rings. The molecule has 176 valence electrons. The van der Waals surface area contributed by atoms with Gasteiger partial charge >= 0.3 is 0 Å². The Morgan fingerprint density at radius 2 is 1.97 bits per heavy atom. The molecule has 0 spiro atoms. The maximum atomic E-state index is 6.07. The zero-order valence-corrected chi connectivity index (χ0v) is 19.1. The summed E-state index contributed by atoms with van der Waals surface area (Å²) in [6.45, 7) is 10.5. The Hall–Kier alpha value is -2.55. The average molecular weight is 445 g/mol. The summed E-state index contributed by atoms with van der Waals surface area (Å²) >= 11 is 0. The van der Waals surface area contributed by atoms with Crippen LogP contribution in [0.15, 0.2) is 52.1 Å². The van der Waals surface area contributed by atoms with Gasteiger partial charge in [0.05, 0.1) is 26.0 Å². The maximum Gasteiger partial charge on any atom is 0.191 e. The van der Waals surface area contributed by atoms with Gasteiger partial charge in [0.2, 0.25) is 0 Å². The molecule has 0 amide bonds. The van der Waals surface area contributed by atoms with E-state index in [1.807, 2.05) is 30.3 Å². The van der Waals surface area contributed by atoms with Crippen molar-refractivity contribution in [1.82, 2.24) is 15.5 Å². The lowest BCUT2D eigenvalue weighted by Gasteiger charge is -2.26. The number of nitrogens with zero attached hydrogens (tertiary/aromatic N) is 2. The number of aliphatic imine (C=N–C) groups is 1. The van der Waals surface area contributed by atoms with Crippen LogP contribution in [0.1, 0.15) is 24.7 Å². The number of para-hydroxylation sites is 1. The minimum atomic E-state index is 0.503. The summed E-state index contributed by atoms with van der Waals surface area (Å²) in [6, 6.07) is 11.9. The standard InChI is InChI=1S/C24H36N4O4/c1-2-25-24(26-10-6-14-30-20-22-8-5-15-31-22)27-19-21-7-3-4-9-23(21)32-18-13-28-11-16-29-17-12-28/h3-5,7-9,15H,2,6,10-14,16-20H2,1H3,(H2,25,26,27). The van der Waals surface area contributed by atoms with Crippen LogP contribution in [-0.4, -0.2) is 70.0 Å². The molecule has 32 heavy (non-hydrogen) atoms. The molecule has 2 N–H and O–H groups in total. The first-order valence-corrected chi connectivity index (χ1v) is 11.5. The van der Waals surface area contributed by atoms with E-state index in [2.05, 4.69) is 28.5 Å². The second-order valence-electron chi connectivity index (χ2n) is 7.52. The highest BCUT2D eigenvalue weighted by atomic mass is 16.5. The van der Waals surface area contributed by atoms with Crippen molar-refractivity contribution in [2.75, 3.05) is 59.2 Å². The summed E-state index contributed by atoms with van der Waals surface area (Å²) in [7, 11) is 0. The summed E-state index contributed by atoms with van der Waals surface area (Å²) in [5.41, 5.74) is 1.08. The maximum absolute atomic E-state index is 6.07. The smallest absolute Gasteiger partial charge is 0.191 e. The van der Waals surface area contributed by atoms with Crippen molar-refractivity contribution < 1.29 is 18.6 Å². The zero-order valence-electron chi connectivity index (χ0n) is 19.1. The summed E-state index contributed by atoms with van der Waals surface area (Å²) < 4.78 is 22.4. The van der Waals surface area contributed by atoms with Crippen LogP contribution in [-0.2, 0) is 22.6 Å². The number of furan rings is 1. The Morgan fingerprint density at radius 3 is 2.78 bits per heavy atom. The topological polar surface area (TPSA) is 80.5 Å². The van der Waals surface area contributed by atoms with Gasteiger partial charge in [0, 0.05) is 44.9 Å². The van der Waals surface area contributed by atoms with Gasteiger partial charge in [-0.3, -0.25) is 4.90 Å². The average Bonchev–Trinajstić information content (AvgIpc) is 3.35. The van der Waals surface area contributed by atoms with Gasteiger partial charge in [-0.25, -0.2) is 4.99 Å². The molecule has 0 bridgehead atoms. The number of benzene rings is 1. The van der Waals surface area contributed by atoms with Gasteiger partial charge in [-0.15, -0.1) is 0 Å². The molecule has 0 aliphatic carbocycles. The third-order valence-corrected chi connectivity index (χ3v) is 5.08. The molecule has 1 aliphatic heterocycles. The lowest BCUT2D eigenvalue weighted by molar-refractivity contribution is 0.0322.